The van der Waals surface area contributed by atoms with E-state index < -0.39 is 11.8 Å². The second kappa shape index (κ2) is 10.7. The van der Waals surface area contributed by atoms with Gasteiger partial charge in [0.1, 0.15) is 11.4 Å². The van der Waals surface area contributed by atoms with Crippen molar-refractivity contribution >= 4 is 40.6 Å². The van der Waals surface area contributed by atoms with Crippen molar-refractivity contribution in [2.75, 3.05) is 13.1 Å². The molecule has 178 valence electrons. The molecule has 0 spiro atoms. The third-order valence-electron chi connectivity index (χ3n) is 5.24. The van der Waals surface area contributed by atoms with Gasteiger partial charge in [-0.3, -0.25) is 25.2 Å². The van der Waals surface area contributed by atoms with Crippen LogP contribution in [0.3, 0.4) is 0 Å². The fourth-order valence-electron chi connectivity index (χ4n) is 3.54. The van der Waals surface area contributed by atoms with Gasteiger partial charge in [-0.2, -0.15) is 0 Å². The largest absolute Gasteiger partial charge is 0.491 e. The van der Waals surface area contributed by atoms with E-state index in [1.807, 2.05) is 30.9 Å². The number of nitrogens with one attached hydrogen (secondary N) is 2. The molecule has 34 heavy (non-hydrogen) atoms. The lowest BCUT2D eigenvalue weighted by Crippen LogP contribution is -2.42. The van der Waals surface area contributed by atoms with Gasteiger partial charge in [-0.05, 0) is 62.5 Å². The zero-order valence-electron chi connectivity index (χ0n) is 18.7. The maximum Gasteiger partial charge on any atom is 0.291 e. The molecular formula is C22H24N6O4S2. The van der Waals surface area contributed by atoms with Gasteiger partial charge in [-0.25, -0.2) is 4.98 Å². The van der Waals surface area contributed by atoms with Gasteiger partial charge in [-0.1, -0.05) is 4.49 Å². The molecule has 3 amide bonds. The van der Waals surface area contributed by atoms with E-state index in [-0.39, 0.29) is 29.3 Å². The smallest absolute Gasteiger partial charge is 0.291 e. The second-order valence-electron chi connectivity index (χ2n) is 8.03. The van der Waals surface area contributed by atoms with E-state index in [1.165, 1.54) is 16.7 Å². The number of carbonyl (C=O) groups excluding carboxylic acids is 3. The van der Waals surface area contributed by atoms with Gasteiger partial charge in [0.05, 0.1) is 11.1 Å². The summed E-state index contributed by atoms with van der Waals surface area (Å²) in [4.78, 5) is 43.3. The molecular weight excluding hydrogens is 476 g/mol. The van der Waals surface area contributed by atoms with Gasteiger partial charge in [-0.15, -0.1) is 16.4 Å². The summed E-state index contributed by atoms with van der Waals surface area (Å²) in [6.07, 6.45) is 1.61. The van der Waals surface area contributed by atoms with E-state index in [1.54, 1.807) is 17.5 Å². The number of hydrogen-bond acceptors (Lipinski definition) is 9. The maximum atomic E-state index is 12.9. The minimum atomic E-state index is -0.545. The number of piperidine rings is 1. The van der Waals surface area contributed by atoms with Crippen LogP contribution in [0.1, 0.15) is 68.9 Å². The number of aromatic nitrogens is 3. The van der Waals surface area contributed by atoms with Gasteiger partial charge >= 0.3 is 0 Å². The van der Waals surface area contributed by atoms with E-state index in [9.17, 15) is 14.4 Å². The Kier molecular flexibility index (Phi) is 7.48. The van der Waals surface area contributed by atoms with Crippen LogP contribution in [0.25, 0.3) is 0 Å². The van der Waals surface area contributed by atoms with Crippen LogP contribution in [0.5, 0.6) is 5.75 Å². The molecule has 2 aromatic heterocycles. The van der Waals surface area contributed by atoms with Crippen molar-refractivity contribution in [1.82, 2.24) is 30.3 Å². The summed E-state index contributed by atoms with van der Waals surface area (Å²) in [5, 5.41) is 7.64. The van der Waals surface area contributed by atoms with Crippen molar-refractivity contribution in [3.63, 3.8) is 0 Å². The first kappa shape index (κ1) is 23.8. The monoisotopic (exact) mass is 500 g/mol. The molecule has 3 aromatic rings. The number of hydrazine groups is 1. The standard InChI is InChI=1S/C22H24N6O4S2/c1-13(2)32-16-5-3-15(4-6-16)22(31)28-9-7-14(8-10-28)21-23-17(11-33-21)19(29)25-26-20(30)18-12-34-27-24-18/h3-6,11-14H,7-10H2,1-2H3,(H,25,29)(H,26,30). The highest BCUT2D eigenvalue weighted by atomic mass is 32.1. The number of carbonyl (C=O) groups is 3. The van der Waals surface area contributed by atoms with Crippen LogP contribution in [-0.4, -0.2) is 56.4 Å². The number of thiazole rings is 1. The summed E-state index contributed by atoms with van der Waals surface area (Å²) >= 11 is 2.45. The fourth-order valence-corrected chi connectivity index (χ4v) is 4.95. The van der Waals surface area contributed by atoms with Crippen molar-refractivity contribution in [2.45, 2.75) is 38.7 Å². The summed E-state index contributed by atoms with van der Waals surface area (Å²) in [5.74, 6) is -0.130. The van der Waals surface area contributed by atoms with Gasteiger partial charge in [0, 0.05) is 35.3 Å². The second-order valence-corrected chi connectivity index (χ2v) is 9.53. The van der Waals surface area contributed by atoms with E-state index >= 15 is 0 Å². The van der Waals surface area contributed by atoms with Gasteiger partial charge < -0.3 is 9.64 Å². The number of amides is 3. The van der Waals surface area contributed by atoms with Gasteiger partial charge in [0.25, 0.3) is 17.7 Å². The molecule has 3 heterocycles. The molecule has 0 unspecified atom stereocenters. The summed E-state index contributed by atoms with van der Waals surface area (Å²) in [6, 6.07) is 7.22. The van der Waals surface area contributed by atoms with Crippen LogP contribution >= 0.6 is 22.9 Å². The Bertz CT molecular complexity index is 1140. The Hall–Kier alpha value is -3.38. The molecule has 0 radical (unpaired) electrons. The molecule has 1 fully saturated rings. The highest BCUT2D eigenvalue weighted by Crippen LogP contribution is 2.31. The molecule has 12 heteroatoms. The molecule has 1 aliphatic rings. The Balaban J connectivity index is 1.27. The number of rotatable bonds is 6. The first-order chi connectivity index (χ1) is 16.4. The van der Waals surface area contributed by atoms with Crippen LogP contribution in [0.2, 0.25) is 0 Å². The first-order valence-corrected chi connectivity index (χ1v) is 12.5. The molecule has 1 aromatic carbocycles. The fraction of sp³-hybridized carbons (Fsp3) is 0.364. The predicted octanol–water partition coefficient (Wildman–Crippen LogP) is 2.88. The van der Waals surface area contributed by atoms with Crippen LogP contribution in [0.15, 0.2) is 35.0 Å². The Labute approximate surface area is 204 Å². The topological polar surface area (TPSA) is 126 Å². The molecule has 2 N–H and O–H groups in total. The Morgan fingerprint density at radius 2 is 1.71 bits per heavy atom. The molecule has 0 bridgehead atoms. The number of ether oxygens (including phenoxy) is 1. The Morgan fingerprint density at radius 3 is 2.32 bits per heavy atom. The van der Waals surface area contributed by atoms with Gasteiger partial charge in [0.15, 0.2) is 5.69 Å². The number of nitrogens with zero attached hydrogens (tertiary/aromatic N) is 4. The van der Waals surface area contributed by atoms with Crippen LogP contribution in [0.4, 0.5) is 0 Å². The molecule has 0 atom stereocenters. The van der Waals surface area contributed by atoms with Crippen molar-refractivity contribution < 1.29 is 19.1 Å². The molecule has 4 rings (SSSR count). The summed E-state index contributed by atoms with van der Waals surface area (Å²) in [7, 11) is 0. The zero-order valence-corrected chi connectivity index (χ0v) is 20.3. The summed E-state index contributed by atoms with van der Waals surface area (Å²) in [5.41, 5.74) is 5.64. The van der Waals surface area contributed by atoms with E-state index in [0.717, 1.165) is 35.1 Å². The minimum Gasteiger partial charge on any atom is -0.491 e. The van der Waals surface area contributed by atoms with Crippen molar-refractivity contribution in [3.8, 4) is 5.75 Å². The van der Waals surface area contributed by atoms with Crippen molar-refractivity contribution in [1.29, 1.82) is 0 Å². The average Bonchev–Trinajstić information content (AvgIpc) is 3.55. The summed E-state index contributed by atoms with van der Waals surface area (Å²) in [6.45, 7) is 5.15. The molecule has 1 saturated heterocycles. The van der Waals surface area contributed by atoms with Crippen molar-refractivity contribution in [2.24, 2.45) is 0 Å². The normalized spacial score (nSPS) is 14.1. The van der Waals surface area contributed by atoms with Gasteiger partial charge in [0.2, 0.25) is 0 Å². The number of benzene rings is 1. The predicted molar refractivity (Wildman–Crippen MR) is 127 cm³/mol. The third-order valence-corrected chi connectivity index (χ3v) is 6.75. The van der Waals surface area contributed by atoms with Crippen LogP contribution < -0.4 is 15.6 Å². The van der Waals surface area contributed by atoms with E-state index in [4.69, 9.17) is 4.74 Å². The molecule has 1 aliphatic heterocycles. The average molecular weight is 501 g/mol. The highest BCUT2D eigenvalue weighted by Gasteiger charge is 2.27. The van der Waals surface area contributed by atoms with Crippen LogP contribution in [-0.2, 0) is 0 Å². The van der Waals surface area contributed by atoms with E-state index in [0.29, 0.717) is 18.7 Å². The van der Waals surface area contributed by atoms with Crippen LogP contribution in [0, 0.1) is 0 Å². The number of hydrogen-bond donors (Lipinski definition) is 2. The maximum absolute atomic E-state index is 12.9. The molecule has 10 nitrogen and oxygen atoms in total. The lowest BCUT2D eigenvalue weighted by molar-refractivity contribution is 0.0712. The lowest BCUT2D eigenvalue weighted by atomic mass is 9.97. The minimum absolute atomic E-state index is 0.000179. The third kappa shape index (κ3) is 5.75. The molecule has 0 saturated carbocycles. The zero-order chi connectivity index (χ0) is 24.1. The summed E-state index contributed by atoms with van der Waals surface area (Å²) < 4.78 is 9.24. The highest BCUT2D eigenvalue weighted by molar-refractivity contribution is 7.10. The SMILES string of the molecule is CC(C)Oc1ccc(C(=O)N2CCC(c3nc(C(=O)NNC(=O)c4csnn4)cs3)CC2)cc1. The first-order valence-electron chi connectivity index (χ1n) is 10.8. The number of likely N-dealkylation sites (tertiary alicyclic amines) is 1. The quantitative estimate of drug-likeness (QED) is 0.498. The lowest BCUT2D eigenvalue weighted by Gasteiger charge is -2.31. The Morgan fingerprint density at radius 1 is 1.03 bits per heavy atom. The van der Waals surface area contributed by atoms with E-state index in [2.05, 4.69) is 25.4 Å². The molecule has 0 aliphatic carbocycles. The van der Waals surface area contributed by atoms with Crippen molar-refractivity contribution in [3.05, 3.63) is 57.0 Å².